The second-order valence-electron chi connectivity index (χ2n) is 4.24. The number of imide groups is 1. The van der Waals surface area contributed by atoms with Crippen molar-refractivity contribution in [2.75, 3.05) is 5.43 Å². The molecule has 0 bridgehead atoms. The van der Waals surface area contributed by atoms with Crippen LogP contribution in [0.15, 0.2) is 42.5 Å². The summed E-state index contributed by atoms with van der Waals surface area (Å²) in [6.07, 6.45) is 0. The Morgan fingerprint density at radius 1 is 0.850 bits per heavy atom. The maximum Gasteiger partial charge on any atom is 0.280 e. The summed E-state index contributed by atoms with van der Waals surface area (Å²) >= 11 is 4.31. The van der Waals surface area contributed by atoms with Crippen molar-refractivity contribution in [2.45, 2.75) is 0 Å². The number of carbonyl (C=O) groups is 2. The van der Waals surface area contributed by atoms with E-state index in [1.54, 1.807) is 24.3 Å². The van der Waals surface area contributed by atoms with Gasteiger partial charge >= 0.3 is 0 Å². The summed E-state index contributed by atoms with van der Waals surface area (Å²) in [5, 5.41) is 1.06. The number of hydrogen-bond donors (Lipinski definition) is 1. The minimum absolute atomic E-state index is 0.317. The van der Waals surface area contributed by atoms with E-state index in [0.29, 0.717) is 16.8 Å². The Hall–Kier alpha value is -1.16. The Bertz CT molecular complexity index is 676. The Kier molecular flexibility index (Phi) is 3.67. The van der Waals surface area contributed by atoms with Gasteiger partial charge in [-0.05, 0) is 69.4 Å². The zero-order valence-corrected chi connectivity index (χ0v) is 14.4. The van der Waals surface area contributed by atoms with Gasteiger partial charge in [0.25, 0.3) is 11.8 Å². The third kappa shape index (κ3) is 2.30. The first-order valence-corrected chi connectivity index (χ1v) is 7.93. The fraction of sp³-hybridized carbons (Fsp3) is 0. The molecule has 0 spiro atoms. The average molecular weight is 490 g/mol. The number of anilines is 1. The van der Waals surface area contributed by atoms with Gasteiger partial charge in [-0.1, -0.05) is 18.2 Å². The number of carbonyl (C=O) groups excluding carboxylic acids is 2. The van der Waals surface area contributed by atoms with Crippen LogP contribution in [0.1, 0.15) is 20.7 Å². The van der Waals surface area contributed by atoms with Crippen LogP contribution in [-0.2, 0) is 0 Å². The molecule has 3 rings (SSSR count). The standard InChI is InChI=1S/C14H8I2N2O2/c15-11-6-9-10(7-12(11)16)14(20)18(13(9)19)17-8-4-2-1-3-5-8/h1-7,17H. The predicted octanol–water partition coefficient (Wildman–Crippen LogP) is 3.52. The molecule has 2 aromatic carbocycles. The van der Waals surface area contributed by atoms with E-state index in [4.69, 9.17) is 0 Å². The van der Waals surface area contributed by atoms with Crippen LogP contribution in [0, 0.1) is 7.14 Å². The molecule has 4 nitrogen and oxygen atoms in total. The molecule has 1 heterocycles. The minimum Gasteiger partial charge on any atom is -0.288 e. The largest absolute Gasteiger partial charge is 0.288 e. The van der Waals surface area contributed by atoms with Gasteiger partial charge in [-0.15, -0.1) is 0 Å². The summed E-state index contributed by atoms with van der Waals surface area (Å²) in [6, 6.07) is 12.7. The number of amides is 2. The van der Waals surface area contributed by atoms with E-state index in [0.717, 1.165) is 12.1 Å². The lowest BCUT2D eigenvalue weighted by Crippen LogP contribution is -2.35. The fourth-order valence-corrected chi connectivity index (χ4v) is 2.91. The van der Waals surface area contributed by atoms with Gasteiger partial charge in [-0.25, -0.2) is 0 Å². The van der Waals surface area contributed by atoms with E-state index in [2.05, 4.69) is 50.6 Å². The van der Waals surface area contributed by atoms with Crippen molar-refractivity contribution < 1.29 is 9.59 Å². The molecule has 1 N–H and O–H groups in total. The quantitative estimate of drug-likeness (QED) is 0.518. The number of halogens is 2. The lowest BCUT2D eigenvalue weighted by atomic mass is 10.1. The first-order chi connectivity index (χ1) is 9.58. The van der Waals surface area contributed by atoms with Crippen LogP contribution in [0.4, 0.5) is 5.69 Å². The van der Waals surface area contributed by atoms with Crippen molar-refractivity contribution in [1.29, 1.82) is 0 Å². The van der Waals surface area contributed by atoms with Crippen LogP contribution < -0.4 is 5.43 Å². The molecule has 6 heteroatoms. The highest BCUT2D eigenvalue weighted by atomic mass is 127. The monoisotopic (exact) mass is 490 g/mol. The van der Waals surface area contributed by atoms with Crippen LogP contribution in [0.3, 0.4) is 0 Å². The number of para-hydroxylation sites is 1. The zero-order valence-electron chi connectivity index (χ0n) is 10.1. The summed E-state index contributed by atoms with van der Waals surface area (Å²) in [7, 11) is 0. The van der Waals surface area contributed by atoms with Gasteiger partial charge in [0.05, 0.1) is 16.8 Å². The molecule has 0 atom stereocenters. The molecule has 0 saturated carbocycles. The zero-order chi connectivity index (χ0) is 14.3. The van der Waals surface area contributed by atoms with Crippen LogP contribution in [0.25, 0.3) is 0 Å². The van der Waals surface area contributed by atoms with Crippen molar-refractivity contribution in [2.24, 2.45) is 0 Å². The molecule has 0 radical (unpaired) electrons. The van der Waals surface area contributed by atoms with E-state index < -0.39 is 0 Å². The summed E-state index contributed by atoms with van der Waals surface area (Å²) in [5.41, 5.74) is 4.45. The number of nitrogens with one attached hydrogen (secondary N) is 1. The topological polar surface area (TPSA) is 49.4 Å². The second-order valence-corrected chi connectivity index (χ2v) is 6.56. The summed E-state index contributed by atoms with van der Waals surface area (Å²) < 4.78 is 1.93. The number of nitrogens with zero attached hydrogens (tertiary/aromatic N) is 1. The molecule has 0 aromatic heterocycles. The molecule has 100 valence electrons. The number of hydrazine groups is 1. The molecular weight excluding hydrogens is 482 g/mol. The Morgan fingerprint density at radius 2 is 1.35 bits per heavy atom. The van der Waals surface area contributed by atoms with Crippen LogP contribution in [0.5, 0.6) is 0 Å². The van der Waals surface area contributed by atoms with Gasteiger partial charge in [-0.3, -0.25) is 15.0 Å². The Morgan fingerprint density at radius 3 is 1.85 bits per heavy atom. The van der Waals surface area contributed by atoms with Gasteiger partial charge in [0, 0.05) is 7.14 Å². The van der Waals surface area contributed by atoms with Crippen molar-refractivity contribution in [3.05, 3.63) is 60.7 Å². The van der Waals surface area contributed by atoms with E-state index in [1.807, 2.05) is 18.2 Å². The van der Waals surface area contributed by atoms with Crippen LogP contribution >= 0.6 is 45.2 Å². The molecule has 2 amide bonds. The highest BCUT2D eigenvalue weighted by Gasteiger charge is 2.36. The molecule has 1 aliphatic heterocycles. The van der Waals surface area contributed by atoms with Gasteiger partial charge in [-0.2, -0.15) is 5.01 Å². The molecule has 2 aromatic rings. The van der Waals surface area contributed by atoms with E-state index in [1.165, 1.54) is 0 Å². The van der Waals surface area contributed by atoms with Gasteiger partial charge in [0.2, 0.25) is 0 Å². The third-order valence-corrected chi connectivity index (χ3v) is 5.76. The van der Waals surface area contributed by atoms with Gasteiger partial charge in [0.15, 0.2) is 0 Å². The Labute approximate surface area is 142 Å². The molecule has 1 aliphatic rings. The van der Waals surface area contributed by atoms with Gasteiger partial charge < -0.3 is 0 Å². The number of hydrogen-bond acceptors (Lipinski definition) is 3. The first kappa shape index (κ1) is 13.8. The lowest BCUT2D eigenvalue weighted by Gasteiger charge is -2.16. The predicted molar refractivity (Wildman–Crippen MR) is 92.4 cm³/mol. The van der Waals surface area contributed by atoms with Crippen LogP contribution in [0.2, 0.25) is 0 Å². The highest BCUT2D eigenvalue weighted by Crippen LogP contribution is 2.28. The summed E-state index contributed by atoms with van der Waals surface area (Å²) in [6.45, 7) is 0. The van der Waals surface area contributed by atoms with E-state index in [-0.39, 0.29) is 11.8 Å². The lowest BCUT2D eigenvalue weighted by molar-refractivity contribution is 0.0691. The second kappa shape index (κ2) is 5.32. The molecule has 20 heavy (non-hydrogen) atoms. The third-order valence-electron chi connectivity index (χ3n) is 2.94. The normalized spacial score (nSPS) is 13.6. The fourth-order valence-electron chi connectivity index (χ4n) is 1.98. The Balaban J connectivity index is 1.97. The molecule has 0 unspecified atom stereocenters. The molecular formula is C14H8I2N2O2. The van der Waals surface area contributed by atoms with Crippen molar-refractivity contribution in [3.63, 3.8) is 0 Å². The maximum absolute atomic E-state index is 12.3. The highest BCUT2D eigenvalue weighted by molar-refractivity contribution is 14.1. The van der Waals surface area contributed by atoms with Crippen LogP contribution in [-0.4, -0.2) is 16.8 Å². The van der Waals surface area contributed by atoms with Crippen molar-refractivity contribution in [3.8, 4) is 0 Å². The molecule has 0 aliphatic carbocycles. The number of benzene rings is 2. The first-order valence-electron chi connectivity index (χ1n) is 5.77. The minimum atomic E-state index is -0.317. The summed E-state index contributed by atoms with van der Waals surface area (Å²) in [5.74, 6) is -0.633. The summed E-state index contributed by atoms with van der Waals surface area (Å²) in [4.78, 5) is 24.6. The van der Waals surface area contributed by atoms with E-state index in [9.17, 15) is 9.59 Å². The maximum atomic E-state index is 12.3. The molecule has 0 fully saturated rings. The van der Waals surface area contributed by atoms with Crippen molar-refractivity contribution >= 4 is 62.7 Å². The van der Waals surface area contributed by atoms with E-state index >= 15 is 0 Å². The molecule has 0 saturated heterocycles. The average Bonchev–Trinajstić information content (AvgIpc) is 2.66. The number of fused-ring (bicyclic) bond motifs is 1. The number of rotatable bonds is 2. The SMILES string of the molecule is O=C1c2cc(I)c(I)cc2C(=O)N1Nc1ccccc1. The van der Waals surface area contributed by atoms with Crippen molar-refractivity contribution in [1.82, 2.24) is 5.01 Å². The van der Waals surface area contributed by atoms with Gasteiger partial charge in [0.1, 0.15) is 0 Å². The smallest absolute Gasteiger partial charge is 0.280 e.